The zero-order chi connectivity index (χ0) is 24.2. The topological polar surface area (TPSA) is 105 Å². The van der Waals surface area contributed by atoms with Gasteiger partial charge in [0.2, 0.25) is 5.95 Å². The molecule has 0 aliphatic carbocycles. The molecule has 0 fully saturated rings. The molecule has 3 aromatic rings. The van der Waals surface area contributed by atoms with Crippen LogP contribution in [-0.2, 0) is 16.4 Å². The number of benzene rings is 2. The van der Waals surface area contributed by atoms with Gasteiger partial charge in [-0.25, -0.2) is 13.4 Å². The number of nitrogens with one attached hydrogen (secondary N) is 3. The van der Waals surface area contributed by atoms with Gasteiger partial charge in [-0.1, -0.05) is 23.7 Å². The maximum atomic E-state index is 12.8. The molecule has 2 aromatic carbocycles. The first kappa shape index (κ1) is 24.8. The molecular weight excluding hydrogens is 462 g/mol. The van der Waals surface area contributed by atoms with Crippen molar-refractivity contribution in [1.29, 1.82) is 0 Å². The Morgan fingerprint density at radius 3 is 2.52 bits per heavy atom. The molecule has 1 aromatic heterocycles. The van der Waals surface area contributed by atoms with Crippen molar-refractivity contribution in [1.82, 2.24) is 15.3 Å². The average Bonchev–Trinajstić information content (AvgIpc) is 2.78. The zero-order valence-electron chi connectivity index (χ0n) is 19.2. The molecule has 0 saturated heterocycles. The van der Waals surface area contributed by atoms with Gasteiger partial charge < -0.3 is 20.7 Å². The summed E-state index contributed by atoms with van der Waals surface area (Å²) in [6.45, 7) is 6.01. The van der Waals surface area contributed by atoms with Crippen LogP contribution in [0.25, 0.3) is 0 Å². The Hall–Kier alpha value is -2.88. The molecule has 33 heavy (non-hydrogen) atoms. The number of nitrogens with zero attached hydrogens (tertiary/aromatic N) is 2. The lowest BCUT2D eigenvalue weighted by atomic mass is 10.1. The minimum absolute atomic E-state index is 0.182. The Labute approximate surface area is 199 Å². The first-order chi connectivity index (χ1) is 15.7. The highest BCUT2D eigenvalue weighted by atomic mass is 35.5. The van der Waals surface area contributed by atoms with Crippen molar-refractivity contribution < 1.29 is 13.2 Å². The predicted octanol–water partition coefficient (Wildman–Crippen LogP) is 4.84. The van der Waals surface area contributed by atoms with Crippen LogP contribution in [0, 0.1) is 6.92 Å². The van der Waals surface area contributed by atoms with Crippen LogP contribution < -0.4 is 20.7 Å². The van der Waals surface area contributed by atoms with E-state index >= 15 is 0 Å². The Morgan fingerprint density at radius 2 is 1.85 bits per heavy atom. The number of methoxy groups -OCH3 is 1. The van der Waals surface area contributed by atoms with Gasteiger partial charge in [-0.05, 0) is 63.2 Å². The van der Waals surface area contributed by atoms with Crippen LogP contribution >= 0.6 is 11.6 Å². The standard InChI is InChI=1S/C23H28ClN5O3S/c1-14(2)33(30,31)21-9-7-6-8-18(21)27-22-17(24)13-26-23(29-22)28-19-10-15(3)16(12-25-4)11-20(19)32-5/h6-11,13-14,25H,12H2,1-5H3,(H2,26,27,28,29). The van der Waals surface area contributed by atoms with E-state index in [2.05, 4.69) is 25.9 Å². The van der Waals surface area contributed by atoms with Crippen molar-refractivity contribution in [3.05, 3.63) is 58.7 Å². The number of sulfone groups is 1. The summed E-state index contributed by atoms with van der Waals surface area (Å²) in [5.74, 6) is 1.21. The summed E-state index contributed by atoms with van der Waals surface area (Å²) >= 11 is 6.32. The second-order valence-corrected chi connectivity index (χ2v) is 10.6. The molecule has 0 aliphatic heterocycles. The van der Waals surface area contributed by atoms with Crippen LogP contribution in [0.15, 0.2) is 47.5 Å². The van der Waals surface area contributed by atoms with Crippen LogP contribution in [0.2, 0.25) is 5.02 Å². The zero-order valence-corrected chi connectivity index (χ0v) is 20.8. The number of hydrogen-bond acceptors (Lipinski definition) is 8. The minimum Gasteiger partial charge on any atom is -0.495 e. The lowest BCUT2D eigenvalue weighted by molar-refractivity contribution is 0.416. The summed E-state index contributed by atoms with van der Waals surface area (Å²) in [6.07, 6.45) is 1.45. The first-order valence-electron chi connectivity index (χ1n) is 10.4. The maximum Gasteiger partial charge on any atom is 0.229 e. The lowest BCUT2D eigenvalue weighted by Gasteiger charge is -2.16. The average molecular weight is 490 g/mol. The predicted molar refractivity (Wildman–Crippen MR) is 133 cm³/mol. The van der Waals surface area contributed by atoms with Gasteiger partial charge in [0.05, 0.1) is 34.8 Å². The van der Waals surface area contributed by atoms with Crippen molar-refractivity contribution in [3.8, 4) is 5.75 Å². The van der Waals surface area contributed by atoms with E-state index < -0.39 is 15.1 Å². The van der Waals surface area contributed by atoms with E-state index in [1.54, 1.807) is 45.2 Å². The summed E-state index contributed by atoms with van der Waals surface area (Å²) in [7, 11) is -0.0225. The summed E-state index contributed by atoms with van der Waals surface area (Å²) in [5.41, 5.74) is 3.28. The lowest BCUT2D eigenvalue weighted by Crippen LogP contribution is -2.15. The Kier molecular flexibility index (Phi) is 7.78. The van der Waals surface area contributed by atoms with Crippen LogP contribution in [0.4, 0.5) is 23.1 Å². The molecule has 0 bridgehead atoms. The van der Waals surface area contributed by atoms with Gasteiger partial charge in [0, 0.05) is 6.54 Å². The van der Waals surface area contributed by atoms with Gasteiger partial charge in [-0.3, -0.25) is 0 Å². The first-order valence-corrected chi connectivity index (χ1v) is 12.3. The maximum absolute atomic E-state index is 12.8. The van der Waals surface area contributed by atoms with Gasteiger partial charge in [0.15, 0.2) is 15.7 Å². The third-order valence-electron chi connectivity index (χ3n) is 5.08. The highest BCUT2D eigenvalue weighted by molar-refractivity contribution is 7.92. The number of aromatic nitrogens is 2. The molecule has 0 amide bonds. The quantitative estimate of drug-likeness (QED) is 0.392. The van der Waals surface area contributed by atoms with Crippen molar-refractivity contribution in [2.24, 2.45) is 0 Å². The van der Waals surface area contributed by atoms with E-state index in [4.69, 9.17) is 16.3 Å². The number of rotatable bonds is 9. The molecule has 0 atom stereocenters. The second-order valence-electron chi connectivity index (χ2n) is 7.74. The molecule has 10 heteroatoms. The minimum atomic E-state index is -3.51. The molecule has 176 valence electrons. The van der Waals surface area contributed by atoms with Crippen LogP contribution in [0.1, 0.15) is 25.0 Å². The molecule has 0 unspecified atom stereocenters. The van der Waals surface area contributed by atoms with Gasteiger partial charge in [0.25, 0.3) is 0 Å². The van der Waals surface area contributed by atoms with E-state index in [9.17, 15) is 8.42 Å². The van der Waals surface area contributed by atoms with E-state index in [1.807, 2.05) is 26.1 Å². The highest BCUT2D eigenvalue weighted by Crippen LogP contribution is 2.33. The van der Waals surface area contributed by atoms with E-state index in [1.165, 1.54) is 6.20 Å². The Bertz CT molecular complexity index is 1250. The van der Waals surface area contributed by atoms with Gasteiger partial charge in [-0.2, -0.15) is 4.98 Å². The van der Waals surface area contributed by atoms with Crippen LogP contribution in [0.3, 0.4) is 0 Å². The molecule has 0 aliphatic rings. The SMILES string of the molecule is CNCc1cc(OC)c(Nc2ncc(Cl)c(Nc3ccccc3S(=O)(=O)C(C)C)n2)cc1C. The monoisotopic (exact) mass is 489 g/mol. The summed E-state index contributed by atoms with van der Waals surface area (Å²) in [4.78, 5) is 8.91. The van der Waals surface area contributed by atoms with Crippen LogP contribution in [0.5, 0.6) is 5.75 Å². The van der Waals surface area contributed by atoms with Gasteiger partial charge >= 0.3 is 0 Å². The Morgan fingerprint density at radius 1 is 1.12 bits per heavy atom. The van der Waals surface area contributed by atoms with Gasteiger partial charge in [-0.15, -0.1) is 0 Å². The van der Waals surface area contributed by atoms with Crippen molar-refractivity contribution >= 4 is 44.6 Å². The van der Waals surface area contributed by atoms with Gasteiger partial charge in [0.1, 0.15) is 10.8 Å². The number of ether oxygens (including phenoxy) is 1. The third-order valence-corrected chi connectivity index (χ3v) is 7.57. The summed E-state index contributed by atoms with van der Waals surface area (Å²) < 4.78 is 31.1. The summed E-state index contributed by atoms with van der Waals surface area (Å²) in [6, 6.07) is 10.6. The number of para-hydroxylation sites is 1. The largest absolute Gasteiger partial charge is 0.495 e. The van der Waals surface area contributed by atoms with E-state index in [-0.39, 0.29) is 21.7 Å². The normalized spacial score (nSPS) is 11.5. The fourth-order valence-corrected chi connectivity index (χ4v) is 4.55. The number of halogens is 1. The van der Waals surface area contributed by atoms with Crippen LogP contribution in [-0.4, -0.2) is 37.8 Å². The third kappa shape index (κ3) is 5.55. The van der Waals surface area contributed by atoms with E-state index in [0.29, 0.717) is 23.7 Å². The van der Waals surface area contributed by atoms with Crippen molar-refractivity contribution in [2.75, 3.05) is 24.8 Å². The number of anilines is 4. The molecule has 8 nitrogen and oxygen atoms in total. The van der Waals surface area contributed by atoms with E-state index in [0.717, 1.165) is 11.1 Å². The number of aryl methyl sites for hydroxylation is 1. The van der Waals surface area contributed by atoms with Crippen molar-refractivity contribution in [3.63, 3.8) is 0 Å². The fraction of sp³-hybridized carbons (Fsp3) is 0.304. The fourth-order valence-electron chi connectivity index (χ4n) is 3.21. The number of hydrogen-bond donors (Lipinski definition) is 3. The molecule has 0 radical (unpaired) electrons. The molecule has 0 spiro atoms. The molecule has 1 heterocycles. The molecule has 3 rings (SSSR count). The second kappa shape index (κ2) is 10.4. The Balaban J connectivity index is 1.95. The molecular formula is C23H28ClN5O3S. The highest BCUT2D eigenvalue weighted by Gasteiger charge is 2.23. The summed E-state index contributed by atoms with van der Waals surface area (Å²) in [5, 5.41) is 9.04. The molecule has 3 N–H and O–H groups in total. The smallest absolute Gasteiger partial charge is 0.229 e. The molecule has 0 saturated carbocycles. The van der Waals surface area contributed by atoms with Crippen molar-refractivity contribution in [2.45, 2.75) is 37.5 Å².